The Balaban J connectivity index is 1.98. The molecule has 2 aromatic rings. The molecular formula is C19H22N2O2. The Morgan fingerprint density at radius 3 is 1.96 bits per heavy atom. The fraction of sp³-hybridized carbons (Fsp3) is 0.263. The van der Waals surface area contributed by atoms with Gasteiger partial charge in [0, 0.05) is 12.2 Å². The summed E-state index contributed by atoms with van der Waals surface area (Å²) >= 11 is 0. The van der Waals surface area contributed by atoms with Gasteiger partial charge in [-0.3, -0.25) is 9.59 Å². The Morgan fingerprint density at radius 2 is 1.39 bits per heavy atom. The highest BCUT2D eigenvalue weighted by Gasteiger charge is 2.15. The number of nitrogens with one attached hydrogen (secondary N) is 2. The van der Waals surface area contributed by atoms with Crippen molar-refractivity contribution in [3.8, 4) is 0 Å². The standard InChI is InChI=1S/C19H22N2O2/c1-12-5-7-16(8-6-12)11-20-18(22)19(23)21-17-14(3)9-13(2)10-15(17)4/h5-10H,11H2,1-4H3,(H,20,22)(H,21,23). The first-order chi connectivity index (χ1) is 10.9. The third kappa shape index (κ3) is 4.42. The molecule has 23 heavy (non-hydrogen) atoms. The van der Waals surface area contributed by atoms with Gasteiger partial charge < -0.3 is 10.6 Å². The highest BCUT2D eigenvalue weighted by Crippen LogP contribution is 2.21. The van der Waals surface area contributed by atoms with Crippen molar-refractivity contribution in [2.24, 2.45) is 0 Å². The van der Waals surface area contributed by atoms with E-state index in [0.29, 0.717) is 12.2 Å². The van der Waals surface area contributed by atoms with Gasteiger partial charge in [0.25, 0.3) is 0 Å². The number of carbonyl (C=O) groups excluding carboxylic acids is 2. The van der Waals surface area contributed by atoms with Crippen LogP contribution in [-0.2, 0) is 16.1 Å². The van der Waals surface area contributed by atoms with Crippen LogP contribution in [0.15, 0.2) is 36.4 Å². The van der Waals surface area contributed by atoms with Crippen molar-refractivity contribution < 1.29 is 9.59 Å². The number of anilines is 1. The quantitative estimate of drug-likeness (QED) is 0.856. The maximum atomic E-state index is 12.1. The van der Waals surface area contributed by atoms with E-state index in [-0.39, 0.29) is 0 Å². The molecule has 0 aliphatic heterocycles. The third-order valence-electron chi connectivity index (χ3n) is 3.70. The van der Waals surface area contributed by atoms with Crippen LogP contribution in [0.1, 0.15) is 27.8 Å². The highest BCUT2D eigenvalue weighted by molar-refractivity contribution is 6.39. The summed E-state index contributed by atoms with van der Waals surface area (Å²) in [6.07, 6.45) is 0. The van der Waals surface area contributed by atoms with E-state index in [1.165, 1.54) is 0 Å². The number of aryl methyl sites for hydroxylation is 4. The molecule has 2 rings (SSSR count). The number of hydrogen-bond acceptors (Lipinski definition) is 2. The minimum atomic E-state index is -0.646. The number of amides is 2. The molecule has 0 unspecified atom stereocenters. The Morgan fingerprint density at radius 1 is 0.826 bits per heavy atom. The van der Waals surface area contributed by atoms with Gasteiger partial charge in [0.1, 0.15) is 0 Å². The van der Waals surface area contributed by atoms with Crippen LogP contribution < -0.4 is 10.6 Å². The Bertz CT molecular complexity index is 711. The molecule has 4 heteroatoms. The molecule has 0 fully saturated rings. The second-order valence-electron chi connectivity index (χ2n) is 5.90. The monoisotopic (exact) mass is 310 g/mol. The van der Waals surface area contributed by atoms with Crippen molar-refractivity contribution in [2.45, 2.75) is 34.2 Å². The van der Waals surface area contributed by atoms with Gasteiger partial charge in [-0.05, 0) is 44.4 Å². The van der Waals surface area contributed by atoms with E-state index in [9.17, 15) is 9.59 Å². The third-order valence-corrected chi connectivity index (χ3v) is 3.70. The van der Waals surface area contributed by atoms with Crippen LogP contribution >= 0.6 is 0 Å². The van der Waals surface area contributed by atoms with Gasteiger partial charge in [0.15, 0.2) is 0 Å². The topological polar surface area (TPSA) is 58.2 Å². The van der Waals surface area contributed by atoms with E-state index in [1.807, 2.05) is 64.1 Å². The van der Waals surface area contributed by atoms with Crippen LogP contribution in [0.3, 0.4) is 0 Å². The number of carbonyl (C=O) groups is 2. The highest BCUT2D eigenvalue weighted by atomic mass is 16.2. The summed E-state index contributed by atoms with van der Waals surface area (Å²) in [6, 6.07) is 11.8. The van der Waals surface area contributed by atoms with Crippen LogP contribution in [0.25, 0.3) is 0 Å². The fourth-order valence-corrected chi connectivity index (χ4v) is 2.52. The summed E-state index contributed by atoms with van der Waals surface area (Å²) in [5.74, 6) is -1.28. The number of benzene rings is 2. The van der Waals surface area contributed by atoms with Crippen LogP contribution in [0, 0.1) is 27.7 Å². The van der Waals surface area contributed by atoms with Gasteiger partial charge in [0.2, 0.25) is 0 Å². The minimum Gasteiger partial charge on any atom is -0.344 e. The lowest BCUT2D eigenvalue weighted by Crippen LogP contribution is -2.35. The van der Waals surface area contributed by atoms with Gasteiger partial charge in [0.05, 0.1) is 0 Å². The van der Waals surface area contributed by atoms with E-state index < -0.39 is 11.8 Å². The summed E-state index contributed by atoms with van der Waals surface area (Å²) in [4.78, 5) is 24.0. The molecule has 0 spiro atoms. The largest absolute Gasteiger partial charge is 0.344 e. The average Bonchev–Trinajstić information content (AvgIpc) is 2.49. The minimum absolute atomic E-state index is 0.332. The molecule has 0 saturated heterocycles. The maximum Gasteiger partial charge on any atom is 0.313 e. The van der Waals surface area contributed by atoms with Crippen LogP contribution in [0.4, 0.5) is 5.69 Å². The SMILES string of the molecule is Cc1ccc(CNC(=O)C(=O)Nc2c(C)cc(C)cc2C)cc1. The lowest BCUT2D eigenvalue weighted by Gasteiger charge is -2.12. The summed E-state index contributed by atoms with van der Waals surface area (Å²) in [5, 5.41) is 5.34. The van der Waals surface area contributed by atoms with Crippen molar-refractivity contribution in [3.63, 3.8) is 0 Å². The van der Waals surface area contributed by atoms with Gasteiger partial charge in [-0.1, -0.05) is 47.5 Å². The van der Waals surface area contributed by atoms with Crippen molar-refractivity contribution in [1.29, 1.82) is 0 Å². The molecule has 0 aliphatic rings. The van der Waals surface area contributed by atoms with Crippen molar-refractivity contribution in [1.82, 2.24) is 5.32 Å². The van der Waals surface area contributed by atoms with E-state index in [0.717, 1.165) is 27.8 Å². The lowest BCUT2D eigenvalue weighted by molar-refractivity contribution is -0.136. The molecule has 0 aliphatic carbocycles. The van der Waals surface area contributed by atoms with Crippen LogP contribution in [0.2, 0.25) is 0 Å². The van der Waals surface area contributed by atoms with Gasteiger partial charge in [-0.15, -0.1) is 0 Å². The normalized spacial score (nSPS) is 10.3. The van der Waals surface area contributed by atoms with E-state index in [1.54, 1.807) is 0 Å². The predicted molar refractivity (Wildman–Crippen MR) is 92.3 cm³/mol. The Hall–Kier alpha value is -2.62. The summed E-state index contributed by atoms with van der Waals surface area (Å²) in [5.41, 5.74) is 5.83. The molecular weight excluding hydrogens is 288 g/mol. The molecule has 120 valence electrons. The van der Waals surface area contributed by atoms with Crippen LogP contribution in [0.5, 0.6) is 0 Å². The first-order valence-electron chi connectivity index (χ1n) is 7.59. The summed E-state index contributed by atoms with van der Waals surface area (Å²) < 4.78 is 0. The molecule has 0 radical (unpaired) electrons. The first kappa shape index (κ1) is 16.7. The van der Waals surface area contributed by atoms with Gasteiger partial charge >= 0.3 is 11.8 Å². The average molecular weight is 310 g/mol. The first-order valence-corrected chi connectivity index (χ1v) is 7.59. The molecule has 2 amide bonds. The smallest absolute Gasteiger partial charge is 0.313 e. The Labute approximate surface area is 136 Å². The molecule has 0 aromatic heterocycles. The zero-order valence-electron chi connectivity index (χ0n) is 14.0. The molecule has 0 heterocycles. The van der Waals surface area contributed by atoms with Gasteiger partial charge in [-0.25, -0.2) is 0 Å². The zero-order valence-corrected chi connectivity index (χ0v) is 14.0. The van der Waals surface area contributed by atoms with Crippen molar-refractivity contribution in [3.05, 3.63) is 64.2 Å². The number of hydrogen-bond donors (Lipinski definition) is 2. The van der Waals surface area contributed by atoms with E-state index in [4.69, 9.17) is 0 Å². The van der Waals surface area contributed by atoms with Crippen molar-refractivity contribution >= 4 is 17.5 Å². The van der Waals surface area contributed by atoms with Crippen LogP contribution in [-0.4, -0.2) is 11.8 Å². The number of rotatable bonds is 3. The molecule has 4 nitrogen and oxygen atoms in total. The summed E-state index contributed by atoms with van der Waals surface area (Å²) in [6.45, 7) is 8.17. The second kappa shape index (κ2) is 7.09. The van der Waals surface area contributed by atoms with E-state index in [2.05, 4.69) is 10.6 Å². The fourth-order valence-electron chi connectivity index (χ4n) is 2.52. The predicted octanol–water partition coefficient (Wildman–Crippen LogP) is 3.18. The van der Waals surface area contributed by atoms with E-state index >= 15 is 0 Å². The zero-order chi connectivity index (χ0) is 17.0. The second-order valence-corrected chi connectivity index (χ2v) is 5.90. The summed E-state index contributed by atoms with van der Waals surface area (Å²) in [7, 11) is 0. The molecule has 0 atom stereocenters. The molecule has 0 saturated carbocycles. The molecule has 0 bridgehead atoms. The molecule has 2 N–H and O–H groups in total. The molecule has 2 aromatic carbocycles. The Kier molecular flexibility index (Phi) is 5.16. The maximum absolute atomic E-state index is 12.1. The lowest BCUT2D eigenvalue weighted by atomic mass is 10.1. The van der Waals surface area contributed by atoms with Gasteiger partial charge in [-0.2, -0.15) is 0 Å². The van der Waals surface area contributed by atoms with Crippen molar-refractivity contribution in [2.75, 3.05) is 5.32 Å².